The lowest BCUT2D eigenvalue weighted by Gasteiger charge is -2.30. The van der Waals surface area contributed by atoms with Crippen LogP contribution in [0.25, 0.3) is 22.2 Å². The molecule has 0 spiro atoms. The van der Waals surface area contributed by atoms with Crippen LogP contribution in [0.3, 0.4) is 0 Å². The predicted octanol–water partition coefficient (Wildman–Crippen LogP) is 6.08. The first-order valence-corrected chi connectivity index (χ1v) is 15.5. The first kappa shape index (κ1) is 31.1. The molecule has 238 valence electrons. The summed E-state index contributed by atoms with van der Waals surface area (Å²) in [4.78, 5) is 42.4. The highest BCUT2D eigenvalue weighted by Gasteiger charge is 2.31. The molecule has 1 fully saturated rings. The molecular formula is C35H37N5O6. The fraction of sp³-hybridized carbons (Fsp3) is 0.343. The van der Waals surface area contributed by atoms with Gasteiger partial charge in [0.15, 0.2) is 6.10 Å². The summed E-state index contributed by atoms with van der Waals surface area (Å²) in [6, 6.07) is 17.3. The van der Waals surface area contributed by atoms with E-state index in [1.54, 1.807) is 13.3 Å². The third kappa shape index (κ3) is 7.32. The van der Waals surface area contributed by atoms with Crippen molar-refractivity contribution in [2.45, 2.75) is 57.3 Å². The number of hydrogen-bond donors (Lipinski definition) is 2. The van der Waals surface area contributed by atoms with E-state index in [2.05, 4.69) is 25.3 Å². The zero-order valence-corrected chi connectivity index (χ0v) is 25.9. The van der Waals surface area contributed by atoms with Gasteiger partial charge in [-0.2, -0.15) is 0 Å². The number of H-pyrrole nitrogens is 1. The lowest BCUT2D eigenvalue weighted by molar-refractivity contribution is -0.162. The van der Waals surface area contributed by atoms with Crippen molar-refractivity contribution in [2.75, 3.05) is 20.3 Å². The van der Waals surface area contributed by atoms with Gasteiger partial charge in [0.25, 0.3) is 11.8 Å². The summed E-state index contributed by atoms with van der Waals surface area (Å²) in [6.45, 7) is 2.38. The molecule has 1 saturated heterocycles. The van der Waals surface area contributed by atoms with Gasteiger partial charge in [-0.3, -0.25) is 14.6 Å². The highest BCUT2D eigenvalue weighted by Crippen LogP contribution is 2.34. The van der Waals surface area contributed by atoms with Gasteiger partial charge >= 0.3 is 0 Å². The Labute approximate surface area is 266 Å². The number of unbranched alkanes of at least 4 members (excludes halogenated alkanes) is 2. The van der Waals surface area contributed by atoms with Crippen LogP contribution in [0.5, 0.6) is 5.75 Å². The van der Waals surface area contributed by atoms with E-state index < -0.39 is 12.1 Å². The van der Waals surface area contributed by atoms with Crippen LogP contribution in [0.4, 0.5) is 0 Å². The molecule has 3 aromatic heterocycles. The Morgan fingerprint density at radius 3 is 2.67 bits per heavy atom. The molecule has 0 bridgehead atoms. The van der Waals surface area contributed by atoms with Crippen LogP contribution >= 0.6 is 0 Å². The molecule has 4 heterocycles. The number of pyridine rings is 1. The van der Waals surface area contributed by atoms with Gasteiger partial charge < -0.3 is 28.9 Å². The summed E-state index contributed by atoms with van der Waals surface area (Å²) in [5, 5.41) is 4.11. The second-order valence-electron chi connectivity index (χ2n) is 11.4. The van der Waals surface area contributed by atoms with Gasteiger partial charge in [-0.15, -0.1) is 0 Å². The second kappa shape index (κ2) is 14.5. The van der Waals surface area contributed by atoms with E-state index >= 15 is 0 Å². The third-order valence-corrected chi connectivity index (χ3v) is 8.11. The maximum atomic E-state index is 13.4. The largest absolute Gasteiger partial charge is 0.496 e. The number of aromatic nitrogens is 4. The molecule has 2 aromatic carbocycles. The average molecular weight is 624 g/mol. The molecule has 46 heavy (non-hydrogen) atoms. The standard InChI is InChI=1S/C35H37N5O6/c1-22-13-14-24-17-25(30(43-2)18-27(24)38-22)28-19-37-33(39-28)26(11-7-4-8-12-29(41)35-36-15-16-44-35)40-34(42)32-21-45-31(20-46-32)23-9-5-3-6-10-23/h3,5-6,9-10,13-19,26,31-32H,4,7-8,11-12,20-21H2,1-2H3,(H,37,39)(H,40,42)/t26-,31?,32?/m0/s1. The number of hydrogen-bond acceptors (Lipinski definition) is 9. The number of oxazole rings is 1. The molecule has 11 nitrogen and oxygen atoms in total. The molecular weight excluding hydrogens is 586 g/mol. The molecule has 0 aliphatic carbocycles. The van der Waals surface area contributed by atoms with Gasteiger partial charge in [0, 0.05) is 29.1 Å². The number of aromatic amines is 1. The minimum absolute atomic E-state index is 0.122. The Morgan fingerprint density at radius 2 is 1.91 bits per heavy atom. The number of nitrogens with one attached hydrogen (secondary N) is 2. The second-order valence-corrected chi connectivity index (χ2v) is 11.4. The van der Waals surface area contributed by atoms with E-state index in [1.807, 2.05) is 61.5 Å². The number of carbonyl (C=O) groups excluding carboxylic acids is 2. The van der Waals surface area contributed by atoms with Gasteiger partial charge in [0.05, 0.1) is 50.0 Å². The number of imidazole rings is 1. The summed E-state index contributed by atoms with van der Waals surface area (Å²) < 4.78 is 22.8. The van der Waals surface area contributed by atoms with Gasteiger partial charge in [0.2, 0.25) is 5.78 Å². The van der Waals surface area contributed by atoms with Gasteiger partial charge in [-0.05, 0) is 37.5 Å². The number of Topliss-reactive ketones (excluding diaryl/α,β-unsaturated/α-hetero) is 1. The zero-order valence-electron chi connectivity index (χ0n) is 25.9. The molecule has 0 saturated carbocycles. The van der Waals surface area contributed by atoms with Crippen molar-refractivity contribution in [2.24, 2.45) is 0 Å². The molecule has 2 unspecified atom stereocenters. The minimum Gasteiger partial charge on any atom is -0.496 e. The van der Waals surface area contributed by atoms with Crippen molar-refractivity contribution in [3.05, 3.63) is 96.2 Å². The normalized spacial score (nSPS) is 17.1. The van der Waals surface area contributed by atoms with Crippen molar-refractivity contribution in [1.82, 2.24) is 25.3 Å². The fourth-order valence-electron chi connectivity index (χ4n) is 5.62. The number of carbonyl (C=O) groups is 2. The van der Waals surface area contributed by atoms with E-state index in [0.29, 0.717) is 30.8 Å². The average Bonchev–Trinajstić information content (AvgIpc) is 3.81. The summed E-state index contributed by atoms with van der Waals surface area (Å²) >= 11 is 0. The predicted molar refractivity (Wildman–Crippen MR) is 170 cm³/mol. The first-order valence-electron chi connectivity index (χ1n) is 15.5. The number of methoxy groups -OCH3 is 1. The number of fused-ring (bicyclic) bond motifs is 1. The van der Waals surface area contributed by atoms with Gasteiger partial charge in [-0.25, -0.2) is 9.97 Å². The molecule has 1 aliphatic rings. The summed E-state index contributed by atoms with van der Waals surface area (Å²) in [6.07, 6.45) is 6.79. The van der Waals surface area contributed by atoms with E-state index in [1.165, 1.54) is 12.5 Å². The van der Waals surface area contributed by atoms with Gasteiger partial charge in [0.1, 0.15) is 23.9 Å². The summed E-state index contributed by atoms with van der Waals surface area (Å²) in [5.41, 5.74) is 4.38. The molecule has 2 N–H and O–H groups in total. The molecule has 0 radical (unpaired) electrons. The molecule has 1 amide bonds. The Kier molecular flexibility index (Phi) is 9.80. The van der Waals surface area contributed by atoms with Crippen molar-refractivity contribution in [3.63, 3.8) is 0 Å². The van der Waals surface area contributed by atoms with Crippen LogP contribution in [0.15, 0.2) is 77.7 Å². The molecule has 3 atom stereocenters. The quantitative estimate of drug-likeness (QED) is 0.118. The topological polar surface area (TPSA) is 141 Å². The lowest BCUT2D eigenvalue weighted by atomic mass is 10.0. The smallest absolute Gasteiger partial charge is 0.263 e. The lowest BCUT2D eigenvalue weighted by Crippen LogP contribution is -2.45. The van der Waals surface area contributed by atoms with E-state index in [9.17, 15) is 9.59 Å². The highest BCUT2D eigenvalue weighted by molar-refractivity contribution is 5.91. The fourth-order valence-corrected chi connectivity index (χ4v) is 5.62. The molecule has 6 rings (SSSR count). The van der Waals surface area contributed by atoms with Crippen LogP contribution < -0.4 is 10.1 Å². The Morgan fingerprint density at radius 1 is 1.04 bits per heavy atom. The van der Waals surface area contributed by atoms with Crippen molar-refractivity contribution in [1.29, 1.82) is 0 Å². The zero-order chi connectivity index (χ0) is 31.9. The Hall–Kier alpha value is -4.87. The highest BCUT2D eigenvalue weighted by atomic mass is 16.6. The third-order valence-electron chi connectivity index (χ3n) is 8.11. The molecule has 5 aromatic rings. The number of aryl methyl sites for hydroxylation is 1. The van der Waals surface area contributed by atoms with Gasteiger partial charge in [-0.1, -0.05) is 49.2 Å². The number of ether oxygens (including phenoxy) is 3. The maximum Gasteiger partial charge on any atom is 0.263 e. The Balaban J connectivity index is 1.15. The van der Waals surface area contributed by atoms with E-state index in [-0.39, 0.29) is 36.9 Å². The Bertz CT molecular complexity index is 1760. The van der Waals surface area contributed by atoms with E-state index in [0.717, 1.165) is 46.3 Å². The monoisotopic (exact) mass is 623 g/mol. The van der Waals surface area contributed by atoms with Crippen molar-refractivity contribution < 1.29 is 28.2 Å². The van der Waals surface area contributed by atoms with Crippen LogP contribution in [0, 0.1) is 6.92 Å². The number of benzene rings is 2. The summed E-state index contributed by atoms with van der Waals surface area (Å²) in [7, 11) is 1.63. The number of ketones is 1. The minimum atomic E-state index is -0.744. The van der Waals surface area contributed by atoms with Crippen LogP contribution in [-0.2, 0) is 14.3 Å². The summed E-state index contributed by atoms with van der Waals surface area (Å²) in [5.74, 6) is 1.02. The number of rotatable bonds is 13. The molecule has 1 aliphatic heterocycles. The first-order chi connectivity index (χ1) is 22.5. The number of nitrogens with zero attached hydrogens (tertiary/aromatic N) is 3. The maximum absolute atomic E-state index is 13.4. The van der Waals surface area contributed by atoms with Crippen molar-refractivity contribution in [3.8, 4) is 17.0 Å². The van der Waals surface area contributed by atoms with Crippen molar-refractivity contribution >= 4 is 22.6 Å². The van der Waals surface area contributed by atoms with Crippen LogP contribution in [0.2, 0.25) is 0 Å². The van der Waals surface area contributed by atoms with Crippen LogP contribution in [-0.4, -0.2) is 58.1 Å². The van der Waals surface area contributed by atoms with Crippen LogP contribution in [0.1, 0.15) is 72.0 Å². The SMILES string of the molecule is COc1cc2nc(C)ccc2cc1-c1cnc([C@H](CCCCCC(=O)c2ncco2)NC(=O)C2COC(c3ccccc3)CO2)[nH]1. The number of amides is 1. The van der Waals surface area contributed by atoms with E-state index in [4.69, 9.17) is 18.6 Å². The molecule has 11 heteroatoms.